The molecule has 3 rings (SSSR count). The summed E-state index contributed by atoms with van der Waals surface area (Å²) >= 11 is 0. The molecule has 198 valence electrons. The summed E-state index contributed by atoms with van der Waals surface area (Å²) in [6, 6.07) is 0. The number of ether oxygens (including phenoxy) is 7. The summed E-state index contributed by atoms with van der Waals surface area (Å²) in [5.74, 6) is -5.99. The SMILES string of the molecule is CC(C)=CCC/C(C)=C/COC(=O)CC(=O)O[C@]1(O)[C@@H]([C@H]2COC(C)(C)O2)O[C@@H]2OC(C)(C)O[C@@H]21. The summed E-state index contributed by atoms with van der Waals surface area (Å²) in [4.78, 5) is 24.8. The van der Waals surface area contributed by atoms with Gasteiger partial charge in [0.15, 0.2) is 30.1 Å². The highest BCUT2D eigenvalue weighted by Crippen LogP contribution is 2.46. The van der Waals surface area contributed by atoms with Crippen molar-refractivity contribution in [3.8, 4) is 0 Å². The fourth-order valence-corrected chi connectivity index (χ4v) is 4.20. The monoisotopic (exact) mass is 498 g/mol. The van der Waals surface area contributed by atoms with Crippen molar-refractivity contribution in [2.75, 3.05) is 13.2 Å². The molecule has 35 heavy (non-hydrogen) atoms. The number of allylic oxidation sites excluding steroid dienone is 3. The van der Waals surface area contributed by atoms with Gasteiger partial charge in [-0.25, -0.2) is 0 Å². The molecule has 3 aliphatic heterocycles. The highest BCUT2D eigenvalue weighted by molar-refractivity contribution is 5.91. The van der Waals surface area contributed by atoms with Crippen molar-refractivity contribution in [1.29, 1.82) is 0 Å². The molecule has 0 radical (unpaired) electrons. The van der Waals surface area contributed by atoms with E-state index in [9.17, 15) is 14.7 Å². The molecule has 0 aromatic heterocycles. The molecule has 0 saturated carbocycles. The zero-order valence-electron chi connectivity index (χ0n) is 21.6. The van der Waals surface area contributed by atoms with Gasteiger partial charge < -0.3 is 38.3 Å². The first-order valence-corrected chi connectivity index (χ1v) is 11.9. The molecule has 0 aromatic carbocycles. The number of rotatable bonds is 9. The molecule has 0 unspecified atom stereocenters. The number of hydrogen-bond acceptors (Lipinski definition) is 10. The van der Waals surface area contributed by atoms with E-state index in [1.54, 1.807) is 33.8 Å². The third kappa shape index (κ3) is 7.12. The predicted molar refractivity (Wildman–Crippen MR) is 123 cm³/mol. The van der Waals surface area contributed by atoms with Crippen molar-refractivity contribution in [3.63, 3.8) is 0 Å². The van der Waals surface area contributed by atoms with Crippen LogP contribution in [0.15, 0.2) is 23.3 Å². The smallest absolute Gasteiger partial charge is 0.319 e. The lowest BCUT2D eigenvalue weighted by molar-refractivity contribution is -0.303. The van der Waals surface area contributed by atoms with E-state index in [0.29, 0.717) is 0 Å². The van der Waals surface area contributed by atoms with Gasteiger partial charge in [0.1, 0.15) is 19.1 Å². The van der Waals surface area contributed by atoms with Gasteiger partial charge in [0, 0.05) is 0 Å². The zero-order chi connectivity index (χ0) is 26.0. The average molecular weight is 499 g/mol. The molecule has 10 nitrogen and oxygen atoms in total. The molecule has 0 aliphatic carbocycles. The zero-order valence-corrected chi connectivity index (χ0v) is 21.6. The summed E-state index contributed by atoms with van der Waals surface area (Å²) in [5, 5.41) is 11.5. The second-order valence-electron chi connectivity index (χ2n) is 10.3. The van der Waals surface area contributed by atoms with Crippen LogP contribution in [0.5, 0.6) is 0 Å². The van der Waals surface area contributed by atoms with Crippen LogP contribution in [0.2, 0.25) is 0 Å². The molecular formula is C25H38O10. The van der Waals surface area contributed by atoms with Crippen LogP contribution >= 0.6 is 0 Å². The standard InChI is InChI=1S/C25H38O10/c1-15(2)9-8-10-16(3)11-12-29-18(26)13-19(27)33-25(28)20(17-14-30-23(4,5)32-17)31-22-21(25)34-24(6,7)35-22/h9,11,17,20-22,28H,8,10,12-14H2,1-7H3/b16-11+/t17-,20-,21+,22-,25-/m1/s1. The molecule has 0 amide bonds. The van der Waals surface area contributed by atoms with Gasteiger partial charge in [-0.1, -0.05) is 17.2 Å². The third-order valence-electron chi connectivity index (χ3n) is 5.86. The first-order chi connectivity index (χ1) is 16.2. The Hall–Kier alpha value is -1.82. The topological polar surface area (TPSA) is 119 Å². The van der Waals surface area contributed by atoms with Gasteiger partial charge in [0.25, 0.3) is 5.79 Å². The number of aliphatic hydroxyl groups is 1. The van der Waals surface area contributed by atoms with Crippen molar-refractivity contribution >= 4 is 11.9 Å². The Kier molecular flexibility index (Phi) is 8.45. The van der Waals surface area contributed by atoms with Crippen LogP contribution in [-0.4, -0.2) is 72.2 Å². The quantitative estimate of drug-likeness (QED) is 0.220. The molecule has 3 aliphatic rings. The van der Waals surface area contributed by atoms with E-state index in [4.69, 9.17) is 33.2 Å². The molecule has 0 aromatic rings. The minimum atomic E-state index is -2.26. The second-order valence-corrected chi connectivity index (χ2v) is 10.3. The normalized spacial score (nSPS) is 33.3. The fourth-order valence-electron chi connectivity index (χ4n) is 4.20. The van der Waals surface area contributed by atoms with Crippen molar-refractivity contribution in [1.82, 2.24) is 0 Å². The average Bonchev–Trinajstić information content (AvgIpc) is 3.30. The molecule has 0 spiro atoms. The van der Waals surface area contributed by atoms with Gasteiger partial charge >= 0.3 is 11.9 Å². The Morgan fingerprint density at radius 1 is 0.971 bits per heavy atom. The number of carbonyl (C=O) groups is 2. The van der Waals surface area contributed by atoms with Crippen LogP contribution in [-0.2, 0) is 42.7 Å². The van der Waals surface area contributed by atoms with Crippen molar-refractivity contribution in [3.05, 3.63) is 23.3 Å². The lowest BCUT2D eigenvalue weighted by Crippen LogP contribution is -2.57. The first kappa shape index (κ1) is 27.8. The van der Waals surface area contributed by atoms with Crippen LogP contribution in [0.1, 0.15) is 67.7 Å². The molecular weight excluding hydrogens is 460 g/mol. The Labute approximate surface area is 206 Å². The lowest BCUT2D eigenvalue weighted by atomic mass is 10.0. The van der Waals surface area contributed by atoms with Gasteiger partial charge in [-0.15, -0.1) is 0 Å². The highest BCUT2D eigenvalue weighted by Gasteiger charge is 2.68. The Balaban J connectivity index is 1.58. The van der Waals surface area contributed by atoms with E-state index in [0.717, 1.165) is 18.4 Å². The van der Waals surface area contributed by atoms with Gasteiger partial charge in [-0.05, 0) is 67.4 Å². The van der Waals surface area contributed by atoms with Gasteiger partial charge in [-0.3, -0.25) is 9.59 Å². The van der Waals surface area contributed by atoms with E-state index < -0.39 is 60.3 Å². The van der Waals surface area contributed by atoms with E-state index in [2.05, 4.69) is 6.08 Å². The van der Waals surface area contributed by atoms with Crippen molar-refractivity contribution < 1.29 is 47.9 Å². The van der Waals surface area contributed by atoms with Crippen LogP contribution < -0.4 is 0 Å². The molecule has 10 heteroatoms. The molecule has 1 N–H and O–H groups in total. The molecule has 3 saturated heterocycles. The Morgan fingerprint density at radius 2 is 1.69 bits per heavy atom. The maximum absolute atomic E-state index is 12.6. The predicted octanol–water partition coefficient (Wildman–Crippen LogP) is 2.87. The highest BCUT2D eigenvalue weighted by atomic mass is 16.9. The van der Waals surface area contributed by atoms with E-state index in [1.165, 1.54) is 5.57 Å². The van der Waals surface area contributed by atoms with Crippen LogP contribution in [0.25, 0.3) is 0 Å². The Morgan fingerprint density at radius 3 is 2.31 bits per heavy atom. The second kappa shape index (κ2) is 10.7. The van der Waals surface area contributed by atoms with Gasteiger partial charge in [0.2, 0.25) is 0 Å². The van der Waals surface area contributed by atoms with Crippen LogP contribution in [0.4, 0.5) is 0 Å². The third-order valence-corrected chi connectivity index (χ3v) is 5.86. The first-order valence-electron chi connectivity index (χ1n) is 11.9. The summed E-state index contributed by atoms with van der Waals surface area (Å²) in [6.07, 6.45) is 0.970. The molecule has 3 heterocycles. The van der Waals surface area contributed by atoms with Crippen molar-refractivity contribution in [2.45, 2.75) is 110 Å². The van der Waals surface area contributed by atoms with Crippen LogP contribution in [0.3, 0.4) is 0 Å². The fraction of sp³-hybridized carbons (Fsp3) is 0.760. The number of fused-ring (bicyclic) bond motifs is 1. The van der Waals surface area contributed by atoms with Gasteiger partial charge in [0.05, 0.1) is 6.61 Å². The minimum absolute atomic E-state index is 0.0426. The maximum atomic E-state index is 12.6. The maximum Gasteiger partial charge on any atom is 0.319 e. The molecule has 5 atom stereocenters. The minimum Gasteiger partial charge on any atom is -0.461 e. The molecule has 0 bridgehead atoms. The summed E-state index contributed by atoms with van der Waals surface area (Å²) in [6.45, 7) is 12.9. The lowest BCUT2D eigenvalue weighted by Gasteiger charge is -2.34. The molecule has 3 fully saturated rings. The number of esters is 2. The Bertz CT molecular complexity index is 856. The van der Waals surface area contributed by atoms with Crippen LogP contribution in [0, 0.1) is 0 Å². The van der Waals surface area contributed by atoms with E-state index >= 15 is 0 Å². The van der Waals surface area contributed by atoms with E-state index in [1.807, 2.05) is 20.8 Å². The summed E-state index contributed by atoms with van der Waals surface area (Å²) in [7, 11) is 0. The summed E-state index contributed by atoms with van der Waals surface area (Å²) in [5.41, 5.74) is 2.33. The van der Waals surface area contributed by atoms with E-state index in [-0.39, 0.29) is 13.2 Å². The number of hydrogen-bond donors (Lipinski definition) is 1. The van der Waals surface area contributed by atoms with Gasteiger partial charge in [-0.2, -0.15) is 0 Å². The van der Waals surface area contributed by atoms with Crippen molar-refractivity contribution in [2.24, 2.45) is 0 Å². The number of carbonyl (C=O) groups excluding carboxylic acids is 2. The largest absolute Gasteiger partial charge is 0.461 e. The summed E-state index contributed by atoms with van der Waals surface area (Å²) < 4.78 is 39.2.